The van der Waals surface area contributed by atoms with E-state index in [-0.39, 0.29) is 0 Å². The van der Waals surface area contributed by atoms with Crippen LogP contribution in [0.1, 0.15) is 12.8 Å². The van der Waals surface area contributed by atoms with Crippen molar-refractivity contribution in [3.8, 4) is 0 Å². The molecule has 1 fully saturated rings. The third-order valence-electron chi connectivity index (χ3n) is 0.789. The zero-order valence-electron chi connectivity index (χ0n) is 5.28. The quantitative estimate of drug-likeness (QED) is 0.511. The van der Waals surface area contributed by atoms with Gasteiger partial charge in [-0.1, -0.05) is 0 Å². The van der Waals surface area contributed by atoms with Crippen molar-refractivity contribution in [2.75, 3.05) is 12.4 Å². The Bertz CT molecular complexity index is 136. The van der Waals surface area contributed by atoms with Crippen LogP contribution in [0.5, 0.6) is 0 Å². The number of hydrogen-bond donors (Lipinski definition) is 0. The third kappa shape index (κ3) is 10.8. The molecule has 1 saturated heterocycles. The first kappa shape index (κ1) is 9.93. The van der Waals surface area contributed by atoms with Crippen LogP contribution in [-0.2, 0) is 14.8 Å². The summed E-state index contributed by atoms with van der Waals surface area (Å²) >= 11 is 1.59. The maximum atomic E-state index is 8.44. The van der Waals surface area contributed by atoms with E-state index in [1.165, 1.54) is 18.6 Å². The standard InChI is InChI=1S/C4H8OS.O3S/c1-2-4-6-5-3-1;1-4(2)3/h1-4H2;. The minimum absolute atomic E-state index is 0.963. The van der Waals surface area contributed by atoms with E-state index < -0.39 is 10.6 Å². The number of hydrogen-bond acceptors (Lipinski definition) is 5. The average molecular weight is 184 g/mol. The van der Waals surface area contributed by atoms with Gasteiger partial charge in [0, 0.05) is 5.75 Å². The summed E-state index contributed by atoms with van der Waals surface area (Å²) in [7, 11) is -3.11. The highest BCUT2D eigenvalue weighted by Crippen LogP contribution is 2.12. The van der Waals surface area contributed by atoms with Crippen LogP contribution in [-0.4, -0.2) is 25.0 Å². The van der Waals surface area contributed by atoms with E-state index in [2.05, 4.69) is 0 Å². The molecule has 0 aromatic heterocycles. The Hall–Kier alpha value is -0.0700. The Labute approximate surface area is 65.2 Å². The van der Waals surface area contributed by atoms with Gasteiger partial charge >= 0.3 is 10.6 Å². The molecule has 6 heteroatoms. The van der Waals surface area contributed by atoms with E-state index in [1.807, 2.05) is 0 Å². The predicted molar refractivity (Wildman–Crippen MR) is 37.3 cm³/mol. The van der Waals surface area contributed by atoms with Crippen molar-refractivity contribution in [1.29, 1.82) is 0 Å². The SMILES string of the molecule is C1CCSOC1.O=S(=O)=O. The molecule has 0 saturated carbocycles. The maximum Gasteiger partial charge on any atom is 0.425 e. The van der Waals surface area contributed by atoms with Gasteiger partial charge in [-0.25, -0.2) is 0 Å². The second-order valence-electron chi connectivity index (χ2n) is 1.56. The molecule has 10 heavy (non-hydrogen) atoms. The number of rotatable bonds is 0. The monoisotopic (exact) mass is 184 g/mol. The molecule has 0 bridgehead atoms. The smallest absolute Gasteiger partial charge is 0.315 e. The Balaban J connectivity index is 0.000000180. The highest BCUT2D eigenvalue weighted by Gasteiger charge is 1.96. The van der Waals surface area contributed by atoms with Crippen molar-refractivity contribution in [3.05, 3.63) is 0 Å². The van der Waals surface area contributed by atoms with Crippen LogP contribution in [0.25, 0.3) is 0 Å². The summed E-state index contributed by atoms with van der Waals surface area (Å²) in [4.78, 5) is 0. The minimum Gasteiger partial charge on any atom is -0.315 e. The molecule has 1 heterocycles. The molecule has 0 aromatic carbocycles. The Morgan fingerprint density at radius 2 is 1.80 bits per heavy atom. The van der Waals surface area contributed by atoms with Gasteiger partial charge in [-0.05, 0) is 24.9 Å². The van der Waals surface area contributed by atoms with E-state index >= 15 is 0 Å². The first-order chi connectivity index (χ1) is 4.73. The van der Waals surface area contributed by atoms with Crippen molar-refractivity contribution < 1.29 is 16.8 Å². The van der Waals surface area contributed by atoms with Crippen LogP contribution < -0.4 is 0 Å². The molecule has 0 spiro atoms. The van der Waals surface area contributed by atoms with E-state index in [0.29, 0.717) is 0 Å². The fourth-order valence-corrected chi connectivity index (χ4v) is 1.12. The van der Waals surface area contributed by atoms with E-state index in [4.69, 9.17) is 16.8 Å². The van der Waals surface area contributed by atoms with Crippen LogP contribution in [0.15, 0.2) is 0 Å². The van der Waals surface area contributed by atoms with Gasteiger partial charge in [-0.15, -0.1) is 12.6 Å². The van der Waals surface area contributed by atoms with E-state index in [1.54, 1.807) is 12.0 Å². The average Bonchev–Trinajstić information content (AvgIpc) is 1.90. The highest BCUT2D eigenvalue weighted by atomic mass is 32.2. The fraction of sp³-hybridized carbons (Fsp3) is 1.00. The molecule has 0 N–H and O–H groups in total. The summed E-state index contributed by atoms with van der Waals surface area (Å²) in [6.07, 6.45) is 2.59. The Morgan fingerprint density at radius 3 is 1.90 bits per heavy atom. The molecule has 0 amide bonds. The van der Waals surface area contributed by atoms with Gasteiger partial charge in [-0.2, -0.15) is 0 Å². The molecule has 1 aliphatic heterocycles. The normalized spacial score (nSPS) is 16.8. The molecule has 60 valence electrons. The van der Waals surface area contributed by atoms with E-state index in [0.717, 1.165) is 6.61 Å². The van der Waals surface area contributed by atoms with Crippen LogP contribution in [0, 0.1) is 0 Å². The largest absolute Gasteiger partial charge is 0.425 e. The third-order valence-corrected chi connectivity index (χ3v) is 1.58. The van der Waals surface area contributed by atoms with Gasteiger partial charge < -0.3 is 4.18 Å². The molecule has 0 atom stereocenters. The first-order valence-electron chi connectivity index (χ1n) is 2.74. The summed E-state index contributed by atoms with van der Waals surface area (Å²) in [6.45, 7) is 0.963. The molecule has 0 aromatic rings. The molecule has 0 unspecified atom stereocenters. The van der Waals surface area contributed by atoms with Gasteiger partial charge in [0.05, 0.1) is 6.61 Å². The van der Waals surface area contributed by atoms with Crippen LogP contribution >= 0.6 is 12.0 Å². The van der Waals surface area contributed by atoms with Crippen molar-refractivity contribution >= 4 is 22.7 Å². The van der Waals surface area contributed by atoms with E-state index in [9.17, 15) is 0 Å². The Morgan fingerprint density at radius 1 is 1.20 bits per heavy atom. The topological polar surface area (TPSA) is 60.4 Å². The molecule has 0 radical (unpaired) electrons. The maximum absolute atomic E-state index is 8.44. The lowest BCUT2D eigenvalue weighted by Gasteiger charge is -2.06. The van der Waals surface area contributed by atoms with Gasteiger partial charge in [0.15, 0.2) is 0 Å². The lowest BCUT2D eigenvalue weighted by Crippen LogP contribution is -1.95. The van der Waals surface area contributed by atoms with Gasteiger partial charge in [-0.3, -0.25) is 0 Å². The Kier molecular flexibility index (Phi) is 6.99. The zero-order valence-corrected chi connectivity index (χ0v) is 6.91. The minimum atomic E-state index is -3.11. The molecule has 0 aliphatic carbocycles. The highest BCUT2D eigenvalue weighted by molar-refractivity contribution is 7.94. The van der Waals surface area contributed by atoms with Crippen molar-refractivity contribution in [2.45, 2.75) is 12.8 Å². The summed E-state index contributed by atoms with van der Waals surface area (Å²) < 4.78 is 30.3. The van der Waals surface area contributed by atoms with Gasteiger partial charge in [0.1, 0.15) is 0 Å². The second kappa shape index (κ2) is 7.04. The molecule has 1 rings (SSSR count). The summed E-state index contributed by atoms with van der Waals surface area (Å²) in [5.74, 6) is 1.19. The molecular formula is C4H8O4S2. The lowest BCUT2D eigenvalue weighted by atomic mass is 10.4. The fourth-order valence-electron chi connectivity index (χ4n) is 0.440. The van der Waals surface area contributed by atoms with Crippen LogP contribution in [0.3, 0.4) is 0 Å². The summed E-state index contributed by atoms with van der Waals surface area (Å²) in [5, 5.41) is 0. The van der Waals surface area contributed by atoms with Crippen molar-refractivity contribution in [3.63, 3.8) is 0 Å². The van der Waals surface area contributed by atoms with Gasteiger partial charge in [0.2, 0.25) is 0 Å². The van der Waals surface area contributed by atoms with Gasteiger partial charge in [0.25, 0.3) is 0 Å². The van der Waals surface area contributed by atoms with Crippen molar-refractivity contribution in [1.82, 2.24) is 0 Å². The first-order valence-corrected chi connectivity index (χ1v) is 4.65. The lowest BCUT2D eigenvalue weighted by molar-refractivity contribution is 0.346. The molecule has 4 nitrogen and oxygen atoms in total. The summed E-state index contributed by atoms with van der Waals surface area (Å²) in [6, 6.07) is 0. The summed E-state index contributed by atoms with van der Waals surface area (Å²) in [5.41, 5.74) is 0. The van der Waals surface area contributed by atoms with Crippen LogP contribution in [0.4, 0.5) is 0 Å². The zero-order chi connectivity index (χ0) is 7.82. The molecule has 1 aliphatic rings. The van der Waals surface area contributed by atoms with Crippen LogP contribution in [0.2, 0.25) is 0 Å². The molecular weight excluding hydrogens is 176 g/mol. The second-order valence-corrected chi connectivity index (χ2v) is 2.84. The van der Waals surface area contributed by atoms with Crippen molar-refractivity contribution in [2.24, 2.45) is 0 Å². The predicted octanol–water partition coefficient (Wildman–Crippen LogP) is 0.441.